The van der Waals surface area contributed by atoms with Gasteiger partial charge < -0.3 is 20.7 Å². The van der Waals surface area contributed by atoms with E-state index in [1.54, 1.807) is 6.20 Å². The number of hydrogen-bond donors (Lipinski definition) is 3. The van der Waals surface area contributed by atoms with Gasteiger partial charge in [0.2, 0.25) is 5.91 Å². The van der Waals surface area contributed by atoms with Gasteiger partial charge in [-0.25, -0.2) is 4.98 Å². The number of carbonyl (C=O) groups is 1. The Kier molecular flexibility index (Phi) is 7.67. The number of rotatable bonds is 6. The summed E-state index contributed by atoms with van der Waals surface area (Å²) in [4.78, 5) is 16.9. The molecule has 6 nitrogen and oxygen atoms in total. The summed E-state index contributed by atoms with van der Waals surface area (Å²) in [7, 11) is 0. The van der Waals surface area contributed by atoms with Crippen LogP contribution in [0.15, 0.2) is 30.5 Å². The third-order valence-electron chi connectivity index (χ3n) is 5.97. The molecule has 2 fully saturated rings. The van der Waals surface area contributed by atoms with E-state index in [1.807, 2.05) is 24.3 Å². The fourth-order valence-electron chi connectivity index (χ4n) is 4.07. The van der Waals surface area contributed by atoms with Crippen molar-refractivity contribution in [2.45, 2.75) is 25.7 Å². The quantitative estimate of drug-likeness (QED) is 0.572. The molecule has 4 rings (SSSR count). The lowest BCUT2D eigenvalue weighted by molar-refractivity contribution is -0.120. The highest BCUT2D eigenvalue weighted by atomic mass is 35.5. The molecule has 1 aromatic heterocycles. The molecule has 2 saturated heterocycles. The Bertz CT molecular complexity index is 912. The fraction of sp³-hybridized carbons (Fsp3) is 0.478. The predicted molar refractivity (Wildman–Crippen MR) is 126 cm³/mol. The monoisotopic (exact) mass is 462 g/mol. The van der Waals surface area contributed by atoms with Crippen LogP contribution in [0.3, 0.4) is 0 Å². The lowest BCUT2D eigenvalue weighted by Crippen LogP contribution is -2.37. The van der Waals surface area contributed by atoms with Crippen molar-refractivity contribution < 1.29 is 9.53 Å². The predicted octanol–water partition coefficient (Wildman–Crippen LogP) is 4.83. The molecule has 0 bridgehead atoms. The van der Waals surface area contributed by atoms with Crippen LogP contribution in [0.5, 0.6) is 0 Å². The van der Waals surface area contributed by atoms with Crippen molar-refractivity contribution in [3.63, 3.8) is 0 Å². The molecular weight excluding hydrogens is 435 g/mol. The van der Waals surface area contributed by atoms with E-state index in [-0.39, 0.29) is 11.8 Å². The first-order chi connectivity index (χ1) is 15.1. The van der Waals surface area contributed by atoms with E-state index in [0.717, 1.165) is 68.8 Å². The van der Waals surface area contributed by atoms with Crippen LogP contribution in [-0.4, -0.2) is 43.7 Å². The number of nitrogens with zero attached hydrogens (tertiary/aromatic N) is 1. The highest BCUT2D eigenvalue weighted by Crippen LogP contribution is 2.34. The van der Waals surface area contributed by atoms with Crippen LogP contribution in [0.4, 0.5) is 11.5 Å². The number of halogens is 2. The zero-order chi connectivity index (χ0) is 21.6. The van der Waals surface area contributed by atoms with Crippen LogP contribution >= 0.6 is 23.2 Å². The minimum Gasteiger partial charge on any atom is -0.384 e. The number of carbonyl (C=O) groups excluding carboxylic acids is 1. The molecule has 0 spiro atoms. The van der Waals surface area contributed by atoms with Crippen LogP contribution in [0.25, 0.3) is 11.1 Å². The average Bonchev–Trinajstić information content (AvgIpc) is 2.81. The molecule has 1 atom stereocenters. The van der Waals surface area contributed by atoms with Gasteiger partial charge in [-0.2, -0.15) is 0 Å². The second-order valence-electron chi connectivity index (χ2n) is 8.21. The maximum Gasteiger partial charge on any atom is 0.229 e. The van der Waals surface area contributed by atoms with Gasteiger partial charge in [0.1, 0.15) is 5.82 Å². The molecule has 1 aromatic carbocycles. The third kappa shape index (κ3) is 5.89. The number of benzene rings is 1. The molecule has 0 radical (unpaired) electrons. The molecule has 0 unspecified atom stereocenters. The fourth-order valence-corrected chi connectivity index (χ4v) is 4.46. The molecule has 2 aliphatic heterocycles. The molecule has 2 aromatic rings. The van der Waals surface area contributed by atoms with Gasteiger partial charge in [0.25, 0.3) is 0 Å². The Morgan fingerprint density at radius 2 is 2.00 bits per heavy atom. The van der Waals surface area contributed by atoms with Crippen LogP contribution < -0.4 is 16.0 Å². The van der Waals surface area contributed by atoms with Crippen molar-refractivity contribution in [3.05, 3.63) is 40.5 Å². The largest absolute Gasteiger partial charge is 0.384 e. The van der Waals surface area contributed by atoms with Crippen molar-refractivity contribution in [1.82, 2.24) is 10.3 Å². The number of aromatic nitrogens is 1. The van der Waals surface area contributed by atoms with Gasteiger partial charge in [-0.3, -0.25) is 4.79 Å². The maximum absolute atomic E-state index is 12.6. The van der Waals surface area contributed by atoms with Crippen LogP contribution in [0.1, 0.15) is 25.7 Å². The normalized spacial score (nSPS) is 19.7. The highest BCUT2D eigenvalue weighted by Gasteiger charge is 2.21. The number of piperidine rings is 1. The van der Waals surface area contributed by atoms with E-state index < -0.39 is 0 Å². The molecule has 166 valence electrons. The molecule has 0 saturated carbocycles. The average molecular weight is 463 g/mol. The van der Waals surface area contributed by atoms with Gasteiger partial charge in [-0.05, 0) is 61.9 Å². The third-order valence-corrected chi connectivity index (χ3v) is 6.60. The Morgan fingerprint density at radius 1 is 1.16 bits per heavy atom. The SMILES string of the molecule is O=C(Nc1cc(-c2ccc(Cl)c(NCC3CCOCC3)c2)c(Cl)cn1)[C@@H]1CCCNC1. The molecule has 8 heteroatoms. The number of hydrogen-bond acceptors (Lipinski definition) is 5. The molecule has 3 N–H and O–H groups in total. The number of nitrogens with one attached hydrogen (secondary N) is 3. The standard InChI is InChI=1S/C23H28Cl2N4O2/c24-19-4-3-16(10-21(19)27-12-15-5-8-31-9-6-15)18-11-22(28-14-20(18)25)29-23(30)17-2-1-7-26-13-17/h3-4,10-11,14-15,17,26-27H,1-2,5-9,12-13H2,(H,28,29,30)/t17-/m1/s1. The van der Waals surface area contributed by atoms with Crippen LogP contribution in [-0.2, 0) is 9.53 Å². The summed E-state index contributed by atoms with van der Waals surface area (Å²) in [5.74, 6) is 1.03. The van der Waals surface area contributed by atoms with E-state index in [1.165, 1.54) is 0 Å². The van der Waals surface area contributed by atoms with Gasteiger partial charge in [0.05, 0.1) is 21.7 Å². The van der Waals surface area contributed by atoms with Crippen molar-refractivity contribution in [2.24, 2.45) is 11.8 Å². The molecule has 1 amide bonds. The second-order valence-corrected chi connectivity index (χ2v) is 9.03. The van der Waals surface area contributed by atoms with E-state index in [9.17, 15) is 4.79 Å². The maximum atomic E-state index is 12.6. The Labute approximate surface area is 193 Å². The summed E-state index contributed by atoms with van der Waals surface area (Å²) in [5.41, 5.74) is 2.60. The Hall–Kier alpha value is -1.86. The zero-order valence-electron chi connectivity index (χ0n) is 17.4. The van der Waals surface area contributed by atoms with E-state index in [2.05, 4.69) is 20.9 Å². The van der Waals surface area contributed by atoms with Gasteiger partial charge in [-0.1, -0.05) is 29.3 Å². The number of ether oxygens (including phenoxy) is 1. The number of anilines is 2. The summed E-state index contributed by atoms with van der Waals surface area (Å²) in [5, 5.41) is 10.9. The summed E-state index contributed by atoms with van der Waals surface area (Å²) in [6.07, 6.45) is 5.58. The lowest BCUT2D eigenvalue weighted by atomic mass is 9.99. The minimum atomic E-state index is -0.0359. The topological polar surface area (TPSA) is 75.3 Å². The van der Waals surface area contributed by atoms with E-state index in [4.69, 9.17) is 27.9 Å². The highest BCUT2D eigenvalue weighted by molar-refractivity contribution is 6.34. The first kappa shape index (κ1) is 22.3. The van der Waals surface area contributed by atoms with Crippen LogP contribution in [0.2, 0.25) is 10.0 Å². The summed E-state index contributed by atoms with van der Waals surface area (Å²) in [6.45, 7) is 4.16. The van der Waals surface area contributed by atoms with Crippen molar-refractivity contribution >= 4 is 40.6 Å². The first-order valence-corrected chi connectivity index (χ1v) is 11.6. The minimum absolute atomic E-state index is 0.0112. The smallest absolute Gasteiger partial charge is 0.229 e. The van der Waals surface area contributed by atoms with Gasteiger partial charge in [0.15, 0.2) is 0 Å². The first-order valence-electron chi connectivity index (χ1n) is 10.9. The van der Waals surface area contributed by atoms with Crippen molar-refractivity contribution in [3.8, 4) is 11.1 Å². The number of pyridine rings is 1. The summed E-state index contributed by atoms with van der Waals surface area (Å²) in [6, 6.07) is 7.62. The van der Waals surface area contributed by atoms with Gasteiger partial charge >= 0.3 is 0 Å². The zero-order valence-corrected chi connectivity index (χ0v) is 18.9. The van der Waals surface area contributed by atoms with Gasteiger partial charge in [0, 0.05) is 38.1 Å². The Morgan fingerprint density at radius 3 is 2.77 bits per heavy atom. The van der Waals surface area contributed by atoms with Crippen molar-refractivity contribution in [1.29, 1.82) is 0 Å². The van der Waals surface area contributed by atoms with Crippen LogP contribution in [0, 0.1) is 11.8 Å². The molecule has 31 heavy (non-hydrogen) atoms. The summed E-state index contributed by atoms with van der Waals surface area (Å²) < 4.78 is 5.44. The lowest BCUT2D eigenvalue weighted by Gasteiger charge is -2.23. The molecule has 0 aliphatic carbocycles. The van der Waals surface area contributed by atoms with E-state index in [0.29, 0.717) is 28.3 Å². The van der Waals surface area contributed by atoms with E-state index >= 15 is 0 Å². The molecule has 3 heterocycles. The summed E-state index contributed by atoms with van der Waals surface area (Å²) >= 11 is 12.9. The molecular formula is C23H28Cl2N4O2. The Balaban J connectivity index is 1.48. The van der Waals surface area contributed by atoms with Crippen molar-refractivity contribution in [2.75, 3.05) is 43.5 Å². The second kappa shape index (κ2) is 10.6. The molecule has 2 aliphatic rings. The van der Waals surface area contributed by atoms with Gasteiger partial charge in [-0.15, -0.1) is 0 Å². The number of amides is 1.